The molecule has 0 aliphatic heterocycles. The van der Waals surface area contributed by atoms with E-state index in [0.29, 0.717) is 29.9 Å². The average Bonchev–Trinajstić information content (AvgIpc) is 2.66. The number of halogens is 1. The number of methoxy groups -OCH3 is 1. The number of ether oxygens (including phenoxy) is 1. The molecule has 2 rings (SSSR count). The number of hydrogen-bond acceptors (Lipinski definition) is 4. The van der Waals surface area contributed by atoms with E-state index in [-0.39, 0.29) is 30.7 Å². The van der Waals surface area contributed by atoms with Crippen molar-refractivity contribution in [2.24, 2.45) is 0 Å². The SMILES string of the molecule is COCC(=O)Nc1cccc(NC(=O)CCCNC(=O)c2ccc(F)cc2)c1. The monoisotopic (exact) mass is 387 g/mol. The quantitative estimate of drug-likeness (QED) is 0.576. The highest BCUT2D eigenvalue weighted by Crippen LogP contribution is 2.15. The van der Waals surface area contributed by atoms with Crippen molar-refractivity contribution in [3.63, 3.8) is 0 Å². The molecule has 0 radical (unpaired) electrons. The van der Waals surface area contributed by atoms with Crippen LogP contribution in [-0.4, -0.2) is 38.0 Å². The van der Waals surface area contributed by atoms with Gasteiger partial charge in [0.1, 0.15) is 12.4 Å². The third-order valence-electron chi connectivity index (χ3n) is 3.68. The Hall–Kier alpha value is -3.26. The van der Waals surface area contributed by atoms with Gasteiger partial charge in [-0.3, -0.25) is 14.4 Å². The standard InChI is InChI=1S/C20H22FN3O4/c1-28-13-19(26)24-17-5-2-4-16(12-17)23-18(25)6-3-11-22-20(27)14-7-9-15(21)10-8-14/h2,4-5,7-10,12H,3,6,11,13H2,1H3,(H,22,27)(H,23,25)(H,24,26). The van der Waals surface area contributed by atoms with E-state index >= 15 is 0 Å². The van der Waals surface area contributed by atoms with E-state index in [2.05, 4.69) is 16.0 Å². The van der Waals surface area contributed by atoms with Crippen LogP contribution in [0.15, 0.2) is 48.5 Å². The van der Waals surface area contributed by atoms with Crippen molar-refractivity contribution in [3.8, 4) is 0 Å². The summed E-state index contributed by atoms with van der Waals surface area (Å²) in [7, 11) is 1.43. The molecule has 148 valence electrons. The lowest BCUT2D eigenvalue weighted by atomic mass is 10.2. The molecule has 0 spiro atoms. The molecule has 2 aromatic rings. The number of amides is 3. The van der Waals surface area contributed by atoms with Crippen molar-refractivity contribution in [2.45, 2.75) is 12.8 Å². The summed E-state index contributed by atoms with van der Waals surface area (Å²) in [6.45, 7) is 0.261. The predicted molar refractivity (Wildman–Crippen MR) is 104 cm³/mol. The maximum absolute atomic E-state index is 12.8. The lowest BCUT2D eigenvalue weighted by molar-refractivity contribution is -0.119. The van der Waals surface area contributed by atoms with E-state index in [0.717, 1.165) is 0 Å². The summed E-state index contributed by atoms with van der Waals surface area (Å²) in [6.07, 6.45) is 0.660. The van der Waals surface area contributed by atoms with Crippen LogP contribution in [0.5, 0.6) is 0 Å². The Labute approximate surface area is 162 Å². The zero-order chi connectivity index (χ0) is 20.4. The second-order valence-electron chi connectivity index (χ2n) is 5.98. The number of carbonyl (C=O) groups excluding carboxylic acids is 3. The first-order chi connectivity index (χ1) is 13.5. The van der Waals surface area contributed by atoms with Crippen LogP contribution < -0.4 is 16.0 Å². The topological polar surface area (TPSA) is 96.5 Å². The molecule has 0 aliphatic carbocycles. The molecular formula is C20H22FN3O4. The molecule has 0 saturated heterocycles. The second kappa shape index (κ2) is 10.8. The predicted octanol–water partition coefficient (Wildman–Crippen LogP) is 2.56. The molecule has 7 nitrogen and oxygen atoms in total. The summed E-state index contributed by atoms with van der Waals surface area (Å²) in [5.74, 6) is -1.23. The first-order valence-corrected chi connectivity index (χ1v) is 8.70. The zero-order valence-electron chi connectivity index (χ0n) is 15.5. The van der Waals surface area contributed by atoms with Gasteiger partial charge in [-0.05, 0) is 48.9 Å². The normalized spacial score (nSPS) is 10.2. The van der Waals surface area contributed by atoms with Gasteiger partial charge in [-0.25, -0.2) is 4.39 Å². The third kappa shape index (κ3) is 7.16. The Morgan fingerprint density at radius 3 is 2.25 bits per heavy atom. The molecule has 3 N–H and O–H groups in total. The molecule has 0 atom stereocenters. The minimum atomic E-state index is -0.407. The van der Waals surface area contributed by atoms with E-state index in [4.69, 9.17) is 4.74 Å². The van der Waals surface area contributed by atoms with Gasteiger partial charge < -0.3 is 20.7 Å². The van der Waals surface area contributed by atoms with Crippen molar-refractivity contribution in [1.29, 1.82) is 0 Å². The number of hydrogen-bond donors (Lipinski definition) is 3. The van der Waals surface area contributed by atoms with Gasteiger partial charge in [0.15, 0.2) is 0 Å². The van der Waals surface area contributed by atoms with Crippen molar-refractivity contribution >= 4 is 29.1 Å². The molecule has 3 amide bonds. The van der Waals surface area contributed by atoms with E-state index in [1.54, 1.807) is 24.3 Å². The molecule has 8 heteroatoms. The van der Waals surface area contributed by atoms with Crippen LogP contribution in [0.25, 0.3) is 0 Å². The van der Waals surface area contributed by atoms with Crippen molar-refractivity contribution in [1.82, 2.24) is 5.32 Å². The molecule has 0 fully saturated rings. The summed E-state index contributed by atoms with van der Waals surface area (Å²) < 4.78 is 17.6. The second-order valence-corrected chi connectivity index (χ2v) is 5.98. The van der Waals surface area contributed by atoms with E-state index in [9.17, 15) is 18.8 Å². The smallest absolute Gasteiger partial charge is 0.251 e. The number of rotatable bonds is 9. The first-order valence-electron chi connectivity index (χ1n) is 8.70. The van der Waals surface area contributed by atoms with Gasteiger partial charge in [0.2, 0.25) is 11.8 Å². The zero-order valence-corrected chi connectivity index (χ0v) is 15.5. The third-order valence-corrected chi connectivity index (χ3v) is 3.68. The molecular weight excluding hydrogens is 365 g/mol. The van der Waals surface area contributed by atoms with E-state index in [1.165, 1.54) is 31.4 Å². The summed E-state index contributed by atoms with van der Waals surface area (Å²) in [5.41, 5.74) is 1.46. The largest absolute Gasteiger partial charge is 0.375 e. The van der Waals surface area contributed by atoms with Crippen LogP contribution in [0.4, 0.5) is 15.8 Å². The number of carbonyl (C=O) groups is 3. The molecule has 28 heavy (non-hydrogen) atoms. The van der Waals surface area contributed by atoms with Gasteiger partial charge in [-0.1, -0.05) is 6.07 Å². The van der Waals surface area contributed by atoms with Crippen LogP contribution >= 0.6 is 0 Å². The van der Waals surface area contributed by atoms with Crippen molar-refractivity contribution < 1.29 is 23.5 Å². The van der Waals surface area contributed by atoms with Gasteiger partial charge in [-0.2, -0.15) is 0 Å². The lowest BCUT2D eigenvalue weighted by Crippen LogP contribution is -2.25. The van der Waals surface area contributed by atoms with Crippen LogP contribution in [0.3, 0.4) is 0 Å². The summed E-state index contributed by atoms with van der Waals surface area (Å²) in [5, 5.41) is 8.07. The minimum absolute atomic E-state index is 0.0553. The summed E-state index contributed by atoms with van der Waals surface area (Å²) in [4.78, 5) is 35.4. The fraction of sp³-hybridized carbons (Fsp3) is 0.250. The Morgan fingerprint density at radius 1 is 0.964 bits per heavy atom. The molecule has 0 saturated carbocycles. The van der Waals surface area contributed by atoms with Gasteiger partial charge >= 0.3 is 0 Å². The van der Waals surface area contributed by atoms with Crippen LogP contribution in [-0.2, 0) is 14.3 Å². The molecule has 0 heterocycles. The Bertz CT molecular complexity index is 824. The van der Waals surface area contributed by atoms with Crippen molar-refractivity contribution in [3.05, 3.63) is 59.9 Å². The summed E-state index contributed by atoms with van der Waals surface area (Å²) in [6, 6.07) is 12.0. The van der Waals surface area contributed by atoms with Crippen LogP contribution in [0, 0.1) is 5.82 Å². The Balaban J connectivity index is 1.73. The maximum atomic E-state index is 12.8. The minimum Gasteiger partial charge on any atom is -0.375 e. The van der Waals surface area contributed by atoms with Crippen LogP contribution in [0.1, 0.15) is 23.2 Å². The van der Waals surface area contributed by atoms with E-state index < -0.39 is 5.82 Å². The molecule has 0 aromatic heterocycles. The van der Waals surface area contributed by atoms with Gasteiger partial charge in [0.05, 0.1) is 0 Å². The van der Waals surface area contributed by atoms with Gasteiger partial charge in [0.25, 0.3) is 5.91 Å². The number of nitrogens with one attached hydrogen (secondary N) is 3. The highest BCUT2D eigenvalue weighted by Gasteiger charge is 2.07. The average molecular weight is 387 g/mol. The highest BCUT2D eigenvalue weighted by atomic mass is 19.1. The molecule has 2 aromatic carbocycles. The number of benzene rings is 2. The fourth-order valence-corrected chi connectivity index (χ4v) is 2.38. The maximum Gasteiger partial charge on any atom is 0.251 e. The molecule has 0 bridgehead atoms. The van der Waals surface area contributed by atoms with Crippen LogP contribution in [0.2, 0.25) is 0 Å². The lowest BCUT2D eigenvalue weighted by Gasteiger charge is -2.09. The van der Waals surface area contributed by atoms with Gasteiger partial charge in [0, 0.05) is 37.0 Å². The Kier molecular flexibility index (Phi) is 8.11. The molecule has 0 aliphatic rings. The van der Waals surface area contributed by atoms with E-state index in [1.807, 2.05) is 0 Å². The highest BCUT2D eigenvalue weighted by molar-refractivity contribution is 5.95. The van der Waals surface area contributed by atoms with Crippen molar-refractivity contribution in [2.75, 3.05) is 30.9 Å². The molecule has 0 unspecified atom stereocenters. The first kappa shape index (κ1) is 21.0. The number of anilines is 2. The Morgan fingerprint density at radius 2 is 1.61 bits per heavy atom. The van der Waals surface area contributed by atoms with Gasteiger partial charge in [-0.15, -0.1) is 0 Å². The fourth-order valence-electron chi connectivity index (χ4n) is 2.38. The summed E-state index contributed by atoms with van der Waals surface area (Å²) >= 11 is 0.